The Morgan fingerprint density at radius 2 is 1.43 bits per heavy atom. The van der Waals surface area contributed by atoms with Gasteiger partial charge in [-0.05, 0) is 94.0 Å². The van der Waals surface area contributed by atoms with Crippen molar-refractivity contribution in [2.75, 3.05) is 5.32 Å². The van der Waals surface area contributed by atoms with Gasteiger partial charge in [0.1, 0.15) is 5.58 Å². The zero-order chi connectivity index (χ0) is 34.7. The quantitative estimate of drug-likeness (QED) is 0.130. The van der Waals surface area contributed by atoms with Crippen LogP contribution in [-0.4, -0.2) is 11.8 Å². The number of hydrogen-bond donors (Lipinski definition) is 1. The topological polar surface area (TPSA) is 30.1 Å². The lowest BCUT2D eigenvalue weighted by atomic mass is 9.62. The van der Waals surface area contributed by atoms with E-state index in [2.05, 4.69) is 165 Å². The molecule has 0 bridgehead atoms. The molecule has 9 rings (SSSR count). The molecule has 4 heteroatoms. The number of furan rings is 1. The molecular formula is C47H43BN2O. The molecule has 0 atom stereocenters. The van der Waals surface area contributed by atoms with Crippen LogP contribution in [0.3, 0.4) is 0 Å². The first-order chi connectivity index (χ1) is 24.9. The minimum absolute atomic E-state index is 0.0801. The van der Waals surface area contributed by atoms with E-state index < -0.39 is 0 Å². The number of fused-ring (bicyclic) bond motifs is 7. The summed E-state index contributed by atoms with van der Waals surface area (Å²) in [4.78, 5) is 0. The van der Waals surface area contributed by atoms with Crippen molar-refractivity contribution in [3.05, 3.63) is 139 Å². The molecule has 8 aromatic rings. The van der Waals surface area contributed by atoms with Crippen molar-refractivity contribution < 1.29 is 4.42 Å². The lowest BCUT2D eigenvalue weighted by Crippen LogP contribution is -2.36. The molecule has 1 aliphatic heterocycles. The molecule has 3 heterocycles. The average molecular weight is 663 g/mol. The summed E-state index contributed by atoms with van der Waals surface area (Å²) in [6, 6.07) is 46.9. The fourth-order valence-corrected chi connectivity index (χ4v) is 8.18. The molecule has 0 unspecified atom stereocenters. The molecule has 0 fully saturated rings. The number of rotatable bonds is 8. The van der Waals surface area contributed by atoms with Crippen LogP contribution in [0.4, 0.5) is 11.4 Å². The molecule has 0 aliphatic carbocycles. The number of para-hydroxylation sites is 3. The summed E-state index contributed by atoms with van der Waals surface area (Å²) in [5.74, 6) is 0. The second-order valence-corrected chi connectivity index (χ2v) is 15.2. The van der Waals surface area contributed by atoms with E-state index in [0.29, 0.717) is 0 Å². The van der Waals surface area contributed by atoms with Crippen LogP contribution >= 0.6 is 0 Å². The number of unbranched alkanes of at least 4 members (excludes halogenated alkanes) is 2. The van der Waals surface area contributed by atoms with Gasteiger partial charge < -0.3 is 14.3 Å². The third kappa shape index (κ3) is 5.36. The molecule has 0 amide bonds. The fourth-order valence-electron chi connectivity index (χ4n) is 8.18. The predicted molar refractivity (Wildman–Crippen MR) is 219 cm³/mol. The Bertz CT molecular complexity index is 2560. The second kappa shape index (κ2) is 12.4. The van der Waals surface area contributed by atoms with Gasteiger partial charge in [0.15, 0.2) is 0 Å². The summed E-state index contributed by atoms with van der Waals surface area (Å²) in [5.41, 5.74) is 16.8. The Morgan fingerprint density at radius 1 is 0.706 bits per heavy atom. The van der Waals surface area contributed by atoms with Gasteiger partial charge >= 0.3 is 0 Å². The van der Waals surface area contributed by atoms with E-state index in [1.165, 1.54) is 85.6 Å². The maximum absolute atomic E-state index is 6.68. The molecule has 6 aromatic carbocycles. The molecule has 1 N–H and O–H groups in total. The van der Waals surface area contributed by atoms with Crippen molar-refractivity contribution in [1.82, 2.24) is 4.57 Å². The van der Waals surface area contributed by atoms with Gasteiger partial charge in [-0.1, -0.05) is 125 Å². The molecule has 250 valence electrons. The van der Waals surface area contributed by atoms with Gasteiger partial charge in [0.05, 0.1) is 22.4 Å². The highest BCUT2D eigenvalue weighted by Gasteiger charge is 2.32. The minimum Gasteiger partial charge on any atom is -0.469 e. The highest BCUT2D eigenvalue weighted by atomic mass is 16.3. The monoisotopic (exact) mass is 662 g/mol. The van der Waals surface area contributed by atoms with Gasteiger partial charge in [-0.25, -0.2) is 0 Å². The highest BCUT2D eigenvalue weighted by Crippen LogP contribution is 2.44. The summed E-state index contributed by atoms with van der Waals surface area (Å²) in [6.07, 6.45) is 4.89. The molecule has 1 aliphatic rings. The van der Waals surface area contributed by atoms with Crippen LogP contribution in [0, 0.1) is 0 Å². The van der Waals surface area contributed by atoms with Crippen molar-refractivity contribution in [3.63, 3.8) is 0 Å². The first-order valence-electron chi connectivity index (χ1n) is 18.5. The molecule has 0 spiro atoms. The van der Waals surface area contributed by atoms with Gasteiger partial charge in [-0.15, -0.1) is 0 Å². The largest absolute Gasteiger partial charge is 0.469 e. The van der Waals surface area contributed by atoms with Crippen molar-refractivity contribution >= 4 is 62.6 Å². The van der Waals surface area contributed by atoms with E-state index in [-0.39, 0.29) is 5.41 Å². The maximum atomic E-state index is 6.68. The van der Waals surface area contributed by atoms with E-state index in [0.717, 1.165) is 41.7 Å². The smallest absolute Gasteiger partial charge is 0.244 e. The molecule has 51 heavy (non-hydrogen) atoms. The van der Waals surface area contributed by atoms with Crippen LogP contribution in [0.5, 0.6) is 0 Å². The molecular weight excluding hydrogens is 619 g/mol. The normalized spacial score (nSPS) is 12.4. The van der Waals surface area contributed by atoms with Crippen LogP contribution in [0.2, 0.25) is 0 Å². The summed E-state index contributed by atoms with van der Waals surface area (Å²) in [5, 5.41) is 7.53. The van der Waals surface area contributed by atoms with Crippen LogP contribution in [0.15, 0.2) is 132 Å². The first-order valence-corrected chi connectivity index (χ1v) is 18.5. The molecule has 0 radical (unpaired) electrons. The van der Waals surface area contributed by atoms with Gasteiger partial charge in [0.2, 0.25) is 7.28 Å². The maximum Gasteiger partial charge on any atom is 0.244 e. The minimum atomic E-state index is 0.0801. The van der Waals surface area contributed by atoms with Crippen molar-refractivity contribution in [2.24, 2.45) is 0 Å². The van der Waals surface area contributed by atoms with E-state index >= 15 is 0 Å². The van der Waals surface area contributed by atoms with Crippen LogP contribution in [0.1, 0.15) is 58.1 Å². The highest BCUT2D eigenvalue weighted by molar-refractivity contribution is 6.73. The molecule has 0 saturated heterocycles. The fraction of sp³-hybridized carbons (Fsp3) is 0.191. The zero-order valence-corrected chi connectivity index (χ0v) is 30.0. The Kier molecular flexibility index (Phi) is 7.65. The van der Waals surface area contributed by atoms with Crippen molar-refractivity contribution in [2.45, 2.75) is 58.8 Å². The zero-order valence-electron chi connectivity index (χ0n) is 30.0. The number of hydrogen-bond acceptors (Lipinski definition) is 2. The lowest BCUT2D eigenvalue weighted by Gasteiger charge is -2.23. The Labute approximate surface area is 301 Å². The Balaban J connectivity index is 1.29. The number of aryl methyl sites for hydroxylation is 1. The van der Waals surface area contributed by atoms with Gasteiger partial charge in [-0.3, -0.25) is 0 Å². The van der Waals surface area contributed by atoms with Crippen LogP contribution in [0.25, 0.3) is 60.7 Å². The standard InChI is InChI=1S/C47H43BN2O/c1-5-6-7-14-30-21-27-33(28-22-30)49-39-18-11-8-15-34(39)38-29-37(31-23-25-32(26-24-31)47(2,3)4)42-35-16-9-12-19-40(35)50-44-36-17-10-13-20-41(36)51-46(44)48-43(38)45(42)50/h8-13,15-29,48-49H,5-7,14H2,1-4H3. The van der Waals surface area contributed by atoms with E-state index in [4.69, 9.17) is 4.42 Å². The number of anilines is 2. The number of benzene rings is 6. The molecule has 2 aromatic heterocycles. The van der Waals surface area contributed by atoms with Crippen molar-refractivity contribution in [1.29, 1.82) is 0 Å². The summed E-state index contributed by atoms with van der Waals surface area (Å²) in [6.45, 7) is 9.10. The predicted octanol–water partition coefficient (Wildman–Crippen LogP) is 11.3. The van der Waals surface area contributed by atoms with Gasteiger partial charge in [0, 0.05) is 33.1 Å². The van der Waals surface area contributed by atoms with E-state index in [1.807, 2.05) is 0 Å². The molecule has 0 saturated carbocycles. The van der Waals surface area contributed by atoms with Gasteiger partial charge in [0.25, 0.3) is 0 Å². The van der Waals surface area contributed by atoms with Crippen LogP contribution < -0.4 is 16.4 Å². The SMILES string of the molecule is CCCCCc1ccc(Nc2ccccc2-c2cc(-c3ccc(C(C)(C)C)cc3)c3c4ccccc4n4c3c2Bc2oc3ccccc3c2-4)cc1. The number of aromatic nitrogens is 1. The summed E-state index contributed by atoms with van der Waals surface area (Å²) in [7, 11) is 0.718. The third-order valence-electron chi connectivity index (χ3n) is 10.8. The Hall–Kier alpha value is -5.48. The first kappa shape index (κ1) is 31.5. The number of nitrogens with one attached hydrogen (secondary N) is 1. The lowest BCUT2D eigenvalue weighted by molar-refractivity contribution is 0.590. The van der Waals surface area contributed by atoms with Gasteiger partial charge in [-0.2, -0.15) is 0 Å². The molecule has 3 nitrogen and oxygen atoms in total. The van der Waals surface area contributed by atoms with E-state index in [9.17, 15) is 0 Å². The summed E-state index contributed by atoms with van der Waals surface area (Å²) < 4.78 is 9.18. The Morgan fingerprint density at radius 3 is 2.22 bits per heavy atom. The van der Waals surface area contributed by atoms with Crippen molar-refractivity contribution in [3.8, 4) is 27.9 Å². The average Bonchev–Trinajstić information content (AvgIpc) is 3.69. The number of nitrogens with zero attached hydrogens (tertiary/aromatic N) is 1. The van der Waals surface area contributed by atoms with Crippen LogP contribution in [-0.2, 0) is 11.8 Å². The summed E-state index contributed by atoms with van der Waals surface area (Å²) >= 11 is 0. The van der Waals surface area contributed by atoms with E-state index in [1.54, 1.807) is 0 Å². The second-order valence-electron chi connectivity index (χ2n) is 15.2. The third-order valence-corrected chi connectivity index (χ3v) is 10.8.